The molecule has 0 saturated carbocycles. The van der Waals surface area contributed by atoms with Crippen molar-refractivity contribution >= 4 is 27.9 Å². The summed E-state index contributed by atoms with van der Waals surface area (Å²) in [6, 6.07) is 0.187. The quantitative estimate of drug-likeness (QED) is 0.752. The summed E-state index contributed by atoms with van der Waals surface area (Å²) in [5, 5.41) is 7.12. The number of hydrogen-bond acceptors (Lipinski definition) is 4. The van der Waals surface area contributed by atoms with E-state index in [1.165, 1.54) is 6.20 Å². The number of aromatic nitrogens is 1. The van der Waals surface area contributed by atoms with Crippen LogP contribution in [0, 0.1) is 0 Å². The first-order valence-corrected chi connectivity index (χ1v) is 3.69. The Morgan fingerprint density at radius 2 is 2.07 bits per heavy atom. The molecule has 0 aliphatic rings. The Bertz CT molecular complexity index is 295. The van der Waals surface area contributed by atoms with Crippen LogP contribution in [0.5, 0.6) is 0 Å². The molecule has 0 unspecified atom stereocenters. The van der Waals surface area contributed by atoms with Crippen LogP contribution in [0.3, 0.4) is 0 Å². The van der Waals surface area contributed by atoms with Crippen LogP contribution in [0.1, 0.15) is 0 Å². The number of hydrogen-bond donors (Lipinski definition) is 2. The van der Waals surface area contributed by atoms with Gasteiger partial charge >= 0.3 is 12.1 Å². The molecular formula is C5H4BrF3N2O3. The Hall–Kier alpha value is -1.25. The molecular weight excluding hydrogens is 273 g/mol. The minimum atomic E-state index is -5.08. The lowest BCUT2D eigenvalue weighted by molar-refractivity contribution is -0.192. The molecule has 14 heavy (non-hydrogen) atoms. The lowest BCUT2D eigenvalue weighted by atomic mass is 10.7. The molecule has 0 aliphatic carbocycles. The molecule has 3 N–H and O–H groups in total. The van der Waals surface area contributed by atoms with E-state index in [1.54, 1.807) is 0 Å². The second-order valence-corrected chi connectivity index (χ2v) is 2.59. The van der Waals surface area contributed by atoms with Crippen LogP contribution in [0.25, 0.3) is 0 Å². The van der Waals surface area contributed by atoms with Gasteiger partial charge in [0.25, 0.3) is 6.01 Å². The number of carboxylic acids is 1. The Morgan fingerprint density at radius 3 is 2.14 bits per heavy atom. The molecule has 0 spiro atoms. The van der Waals surface area contributed by atoms with E-state index in [4.69, 9.17) is 15.6 Å². The van der Waals surface area contributed by atoms with Crippen LogP contribution in [-0.2, 0) is 4.79 Å². The predicted molar refractivity (Wildman–Crippen MR) is 42.3 cm³/mol. The van der Waals surface area contributed by atoms with Crippen molar-refractivity contribution < 1.29 is 27.5 Å². The molecule has 0 atom stereocenters. The highest BCUT2D eigenvalue weighted by atomic mass is 79.9. The number of halogens is 4. The van der Waals surface area contributed by atoms with E-state index in [0.29, 0.717) is 4.67 Å². The molecule has 1 aromatic rings. The van der Waals surface area contributed by atoms with E-state index in [1.807, 2.05) is 0 Å². The minimum Gasteiger partial charge on any atom is -0.475 e. The first-order valence-electron chi connectivity index (χ1n) is 2.90. The summed E-state index contributed by atoms with van der Waals surface area (Å²) >= 11 is 3.02. The fraction of sp³-hybridized carbons (Fsp3) is 0.200. The number of alkyl halides is 3. The summed E-state index contributed by atoms with van der Waals surface area (Å²) in [6.45, 7) is 0. The van der Waals surface area contributed by atoms with Gasteiger partial charge in [-0.05, 0) is 15.9 Å². The SMILES string of the molecule is Nc1ncc(Br)o1.O=C(O)C(F)(F)F. The molecule has 0 aliphatic heterocycles. The summed E-state index contributed by atoms with van der Waals surface area (Å²) in [5.41, 5.74) is 5.07. The molecule has 1 heterocycles. The number of nitrogens with zero attached hydrogens (tertiary/aromatic N) is 1. The van der Waals surface area contributed by atoms with E-state index in [0.717, 1.165) is 0 Å². The van der Waals surface area contributed by atoms with Gasteiger partial charge in [0.05, 0.1) is 6.20 Å². The largest absolute Gasteiger partial charge is 0.490 e. The zero-order valence-corrected chi connectivity index (χ0v) is 7.96. The lowest BCUT2D eigenvalue weighted by Crippen LogP contribution is -2.21. The number of nitrogen functional groups attached to an aromatic ring is 1. The second-order valence-electron chi connectivity index (χ2n) is 1.81. The number of anilines is 1. The van der Waals surface area contributed by atoms with E-state index in [-0.39, 0.29) is 6.01 Å². The number of carboxylic acid groups (broad SMARTS) is 1. The number of rotatable bonds is 0. The van der Waals surface area contributed by atoms with E-state index in [2.05, 4.69) is 25.3 Å². The maximum absolute atomic E-state index is 10.6. The average Bonchev–Trinajstić information content (AvgIpc) is 2.33. The van der Waals surface area contributed by atoms with E-state index >= 15 is 0 Å². The molecule has 1 aromatic heterocycles. The summed E-state index contributed by atoms with van der Waals surface area (Å²) in [6.07, 6.45) is -3.59. The smallest absolute Gasteiger partial charge is 0.475 e. The standard InChI is InChI=1S/C3H3BrN2O.C2HF3O2/c4-2-1-6-3(5)7-2;3-2(4,5)1(6)7/h1H,(H2,5,6);(H,6,7). The third-order valence-electron chi connectivity index (χ3n) is 0.738. The summed E-state index contributed by atoms with van der Waals surface area (Å²) < 4.78 is 37.0. The first kappa shape index (κ1) is 12.8. The Morgan fingerprint density at radius 1 is 1.64 bits per heavy atom. The fourth-order valence-corrected chi connectivity index (χ4v) is 0.535. The Labute approximate surface area is 83.8 Å². The van der Waals surface area contributed by atoms with Gasteiger partial charge in [0, 0.05) is 0 Å². The molecule has 0 bridgehead atoms. The molecule has 5 nitrogen and oxygen atoms in total. The monoisotopic (exact) mass is 276 g/mol. The van der Waals surface area contributed by atoms with Crippen molar-refractivity contribution in [2.24, 2.45) is 0 Å². The predicted octanol–water partition coefficient (Wildman–Crippen LogP) is 1.65. The van der Waals surface area contributed by atoms with E-state index in [9.17, 15) is 13.2 Å². The van der Waals surface area contributed by atoms with Crippen LogP contribution in [-0.4, -0.2) is 22.2 Å². The van der Waals surface area contributed by atoms with Gasteiger partial charge in [0.2, 0.25) is 0 Å². The van der Waals surface area contributed by atoms with Crippen LogP contribution in [0.15, 0.2) is 15.3 Å². The van der Waals surface area contributed by atoms with Gasteiger partial charge in [-0.3, -0.25) is 0 Å². The van der Waals surface area contributed by atoms with Gasteiger partial charge in [-0.1, -0.05) is 0 Å². The molecule has 0 amide bonds. The van der Waals surface area contributed by atoms with Crippen molar-refractivity contribution in [2.45, 2.75) is 6.18 Å². The molecule has 1 rings (SSSR count). The fourth-order valence-electron chi connectivity index (χ4n) is 0.267. The van der Waals surface area contributed by atoms with Crippen LogP contribution in [0.2, 0.25) is 0 Å². The van der Waals surface area contributed by atoms with E-state index < -0.39 is 12.1 Å². The highest BCUT2D eigenvalue weighted by Crippen LogP contribution is 2.13. The molecule has 0 fully saturated rings. The minimum absolute atomic E-state index is 0.187. The highest BCUT2D eigenvalue weighted by Gasteiger charge is 2.38. The molecule has 0 aromatic carbocycles. The maximum atomic E-state index is 10.6. The topological polar surface area (TPSA) is 89.4 Å². The molecule has 0 radical (unpaired) electrons. The van der Waals surface area contributed by atoms with Crippen LogP contribution < -0.4 is 5.73 Å². The third kappa shape index (κ3) is 5.41. The summed E-state index contributed by atoms with van der Waals surface area (Å²) in [4.78, 5) is 12.5. The van der Waals surface area contributed by atoms with Gasteiger partial charge < -0.3 is 15.3 Å². The zero-order chi connectivity index (χ0) is 11.4. The summed E-state index contributed by atoms with van der Waals surface area (Å²) in [5.74, 6) is -2.76. The van der Waals surface area contributed by atoms with Crippen molar-refractivity contribution in [2.75, 3.05) is 5.73 Å². The van der Waals surface area contributed by atoms with Crippen molar-refractivity contribution in [1.82, 2.24) is 4.98 Å². The first-order chi connectivity index (χ1) is 6.23. The summed E-state index contributed by atoms with van der Waals surface area (Å²) in [7, 11) is 0. The maximum Gasteiger partial charge on any atom is 0.490 e. The normalized spacial score (nSPS) is 10.3. The number of nitrogens with two attached hydrogens (primary N) is 1. The van der Waals surface area contributed by atoms with Crippen molar-refractivity contribution in [3.8, 4) is 0 Å². The second kappa shape index (κ2) is 4.84. The Balaban J connectivity index is 0.000000241. The van der Waals surface area contributed by atoms with Gasteiger partial charge in [0.1, 0.15) is 0 Å². The molecule has 9 heteroatoms. The number of aliphatic carboxylic acids is 1. The number of carbonyl (C=O) groups is 1. The lowest BCUT2D eigenvalue weighted by Gasteiger charge is -1.93. The van der Waals surface area contributed by atoms with Gasteiger partial charge in [-0.25, -0.2) is 9.78 Å². The molecule has 80 valence electrons. The average molecular weight is 277 g/mol. The van der Waals surface area contributed by atoms with Crippen LogP contribution >= 0.6 is 15.9 Å². The zero-order valence-electron chi connectivity index (χ0n) is 6.38. The van der Waals surface area contributed by atoms with Crippen molar-refractivity contribution in [3.63, 3.8) is 0 Å². The van der Waals surface area contributed by atoms with Gasteiger partial charge in [0.15, 0.2) is 4.67 Å². The van der Waals surface area contributed by atoms with Crippen molar-refractivity contribution in [3.05, 3.63) is 10.9 Å². The Kier molecular flexibility index (Phi) is 4.41. The van der Waals surface area contributed by atoms with Crippen molar-refractivity contribution in [1.29, 1.82) is 0 Å². The third-order valence-corrected chi connectivity index (χ3v) is 1.10. The van der Waals surface area contributed by atoms with Crippen LogP contribution in [0.4, 0.5) is 19.2 Å². The van der Waals surface area contributed by atoms with Gasteiger partial charge in [-0.15, -0.1) is 0 Å². The number of oxazole rings is 1. The molecule has 0 saturated heterocycles. The highest BCUT2D eigenvalue weighted by molar-refractivity contribution is 9.10. The van der Waals surface area contributed by atoms with Gasteiger partial charge in [-0.2, -0.15) is 13.2 Å².